The molecule has 2 aromatic rings. The Morgan fingerprint density at radius 2 is 1.66 bits per heavy atom. The standard InChI is InChI=1S/C22H26N4O3/c1-14(2)21-25-19-7-5-4-6-18(19)22(29)26(21)13-12-20(28)24-17-10-8-16(9-11-17)23-15(3)27/h4-11,14,21,25H,12-13H2,1-3H3,(H,23,27)(H,24,28). The van der Waals surface area contributed by atoms with Crippen LogP contribution in [-0.2, 0) is 9.59 Å². The van der Waals surface area contributed by atoms with Crippen molar-refractivity contribution in [3.63, 3.8) is 0 Å². The molecule has 152 valence electrons. The van der Waals surface area contributed by atoms with Crippen molar-refractivity contribution in [2.75, 3.05) is 22.5 Å². The zero-order valence-corrected chi connectivity index (χ0v) is 16.9. The van der Waals surface area contributed by atoms with Crippen molar-refractivity contribution < 1.29 is 14.4 Å². The molecule has 7 heteroatoms. The second-order valence-corrected chi connectivity index (χ2v) is 7.43. The average Bonchev–Trinajstić information content (AvgIpc) is 2.68. The number of anilines is 3. The van der Waals surface area contributed by atoms with Gasteiger partial charge >= 0.3 is 0 Å². The number of carbonyl (C=O) groups excluding carboxylic acids is 3. The van der Waals surface area contributed by atoms with Crippen LogP contribution in [0.2, 0.25) is 0 Å². The van der Waals surface area contributed by atoms with Crippen LogP contribution >= 0.6 is 0 Å². The fourth-order valence-corrected chi connectivity index (χ4v) is 3.37. The van der Waals surface area contributed by atoms with Gasteiger partial charge in [-0.15, -0.1) is 0 Å². The van der Waals surface area contributed by atoms with Crippen molar-refractivity contribution >= 4 is 34.8 Å². The molecule has 0 spiro atoms. The smallest absolute Gasteiger partial charge is 0.257 e. The largest absolute Gasteiger partial charge is 0.364 e. The van der Waals surface area contributed by atoms with E-state index in [9.17, 15) is 14.4 Å². The maximum absolute atomic E-state index is 12.9. The summed E-state index contributed by atoms with van der Waals surface area (Å²) in [5.41, 5.74) is 2.76. The van der Waals surface area contributed by atoms with Crippen LogP contribution in [0.15, 0.2) is 48.5 Å². The van der Waals surface area contributed by atoms with Crippen LogP contribution in [0.1, 0.15) is 37.6 Å². The highest BCUT2D eigenvalue weighted by Crippen LogP contribution is 2.28. The van der Waals surface area contributed by atoms with Crippen LogP contribution in [0.5, 0.6) is 0 Å². The number of fused-ring (bicyclic) bond motifs is 1. The van der Waals surface area contributed by atoms with Crippen LogP contribution < -0.4 is 16.0 Å². The van der Waals surface area contributed by atoms with Gasteiger partial charge in [-0.3, -0.25) is 14.4 Å². The van der Waals surface area contributed by atoms with Crippen LogP contribution in [0.25, 0.3) is 0 Å². The minimum Gasteiger partial charge on any atom is -0.364 e. The third-order valence-corrected chi connectivity index (χ3v) is 4.76. The van der Waals surface area contributed by atoms with E-state index in [1.165, 1.54) is 6.92 Å². The van der Waals surface area contributed by atoms with Gasteiger partial charge in [0.25, 0.3) is 5.91 Å². The number of hydrogen-bond donors (Lipinski definition) is 3. The monoisotopic (exact) mass is 394 g/mol. The van der Waals surface area contributed by atoms with Crippen molar-refractivity contribution in [2.45, 2.75) is 33.4 Å². The molecule has 0 aromatic heterocycles. The third-order valence-electron chi connectivity index (χ3n) is 4.76. The van der Waals surface area contributed by atoms with E-state index in [1.54, 1.807) is 35.2 Å². The summed E-state index contributed by atoms with van der Waals surface area (Å²) in [4.78, 5) is 38.2. The molecule has 29 heavy (non-hydrogen) atoms. The van der Waals surface area contributed by atoms with E-state index < -0.39 is 0 Å². The number of hydrogen-bond acceptors (Lipinski definition) is 4. The number of nitrogens with zero attached hydrogens (tertiary/aromatic N) is 1. The Bertz CT molecular complexity index is 909. The summed E-state index contributed by atoms with van der Waals surface area (Å²) >= 11 is 0. The molecular formula is C22H26N4O3. The second kappa shape index (κ2) is 8.77. The SMILES string of the molecule is CC(=O)Nc1ccc(NC(=O)CCN2C(=O)c3ccccc3NC2C(C)C)cc1. The first-order valence-corrected chi connectivity index (χ1v) is 9.69. The van der Waals surface area contributed by atoms with Gasteiger partial charge in [0, 0.05) is 37.0 Å². The fraction of sp³-hybridized carbons (Fsp3) is 0.318. The molecule has 0 saturated heterocycles. The van der Waals surface area contributed by atoms with Crippen molar-refractivity contribution in [1.29, 1.82) is 0 Å². The second-order valence-electron chi connectivity index (χ2n) is 7.43. The molecule has 0 radical (unpaired) electrons. The van der Waals surface area contributed by atoms with E-state index in [-0.39, 0.29) is 36.2 Å². The lowest BCUT2D eigenvalue weighted by Gasteiger charge is -2.40. The zero-order valence-electron chi connectivity index (χ0n) is 16.9. The number of rotatable bonds is 6. The molecule has 3 amide bonds. The number of nitrogens with one attached hydrogen (secondary N) is 3. The lowest BCUT2D eigenvalue weighted by atomic mass is 10.0. The molecule has 3 N–H and O–H groups in total. The number of benzene rings is 2. The van der Waals surface area contributed by atoms with Gasteiger partial charge < -0.3 is 20.9 Å². The van der Waals surface area contributed by atoms with Crippen LogP contribution in [-0.4, -0.2) is 35.3 Å². The minimum absolute atomic E-state index is 0.0643. The molecule has 1 aliphatic heterocycles. The molecule has 0 saturated carbocycles. The number of carbonyl (C=O) groups is 3. The molecule has 0 fully saturated rings. The van der Waals surface area contributed by atoms with Gasteiger partial charge in [-0.25, -0.2) is 0 Å². The maximum atomic E-state index is 12.9. The number of amides is 3. The summed E-state index contributed by atoms with van der Waals surface area (Å²) in [6, 6.07) is 14.3. The van der Waals surface area contributed by atoms with E-state index in [0.717, 1.165) is 5.69 Å². The van der Waals surface area contributed by atoms with Crippen molar-refractivity contribution in [3.8, 4) is 0 Å². The molecular weight excluding hydrogens is 368 g/mol. The van der Waals surface area contributed by atoms with Crippen LogP contribution in [0.3, 0.4) is 0 Å². The van der Waals surface area contributed by atoms with Gasteiger partial charge in [0.2, 0.25) is 11.8 Å². The lowest BCUT2D eigenvalue weighted by molar-refractivity contribution is -0.116. The Labute approximate surface area is 170 Å². The highest BCUT2D eigenvalue weighted by molar-refractivity contribution is 6.02. The first-order chi connectivity index (χ1) is 13.8. The Balaban J connectivity index is 1.62. The molecule has 1 atom stereocenters. The quantitative estimate of drug-likeness (QED) is 0.699. The third kappa shape index (κ3) is 4.93. The molecule has 3 rings (SSSR count). The van der Waals surface area contributed by atoms with Gasteiger partial charge in [0.1, 0.15) is 6.17 Å². The Morgan fingerprint density at radius 3 is 2.28 bits per heavy atom. The summed E-state index contributed by atoms with van der Waals surface area (Å²) in [6.45, 7) is 5.85. The highest BCUT2D eigenvalue weighted by atomic mass is 16.2. The van der Waals surface area contributed by atoms with Gasteiger partial charge in [0.15, 0.2) is 0 Å². The van der Waals surface area contributed by atoms with E-state index >= 15 is 0 Å². The molecule has 7 nitrogen and oxygen atoms in total. The van der Waals surface area contributed by atoms with E-state index in [4.69, 9.17) is 0 Å². The lowest BCUT2D eigenvalue weighted by Crippen LogP contribution is -2.52. The molecule has 1 heterocycles. The molecule has 0 bridgehead atoms. The maximum Gasteiger partial charge on any atom is 0.257 e. The minimum atomic E-state index is -0.175. The average molecular weight is 394 g/mol. The van der Waals surface area contributed by atoms with Crippen molar-refractivity contribution in [3.05, 3.63) is 54.1 Å². The molecule has 1 aliphatic rings. The van der Waals surface area contributed by atoms with E-state index in [2.05, 4.69) is 16.0 Å². The predicted octanol–water partition coefficient (Wildman–Crippen LogP) is 3.52. The van der Waals surface area contributed by atoms with Crippen LogP contribution in [0, 0.1) is 5.92 Å². The molecule has 1 unspecified atom stereocenters. The molecule has 0 aliphatic carbocycles. The van der Waals surface area contributed by atoms with E-state index in [0.29, 0.717) is 23.5 Å². The highest BCUT2D eigenvalue weighted by Gasteiger charge is 2.33. The van der Waals surface area contributed by atoms with Crippen molar-refractivity contribution in [2.24, 2.45) is 5.92 Å². The van der Waals surface area contributed by atoms with Gasteiger partial charge in [-0.2, -0.15) is 0 Å². The fourth-order valence-electron chi connectivity index (χ4n) is 3.37. The van der Waals surface area contributed by atoms with E-state index in [1.807, 2.05) is 32.0 Å². The summed E-state index contributed by atoms with van der Waals surface area (Å²) in [7, 11) is 0. The van der Waals surface area contributed by atoms with Crippen molar-refractivity contribution in [1.82, 2.24) is 4.90 Å². The topological polar surface area (TPSA) is 90.5 Å². The Hall–Kier alpha value is -3.35. The molecule has 2 aromatic carbocycles. The first kappa shape index (κ1) is 20.4. The zero-order chi connectivity index (χ0) is 21.0. The Morgan fingerprint density at radius 1 is 1.03 bits per heavy atom. The first-order valence-electron chi connectivity index (χ1n) is 9.69. The summed E-state index contributed by atoms with van der Waals surface area (Å²) in [5, 5.41) is 8.92. The Kier molecular flexibility index (Phi) is 6.16. The predicted molar refractivity (Wildman–Crippen MR) is 114 cm³/mol. The van der Waals surface area contributed by atoms with Gasteiger partial charge in [0.05, 0.1) is 5.56 Å². The number of para-hydroxylation sites is 1. The van der Waals surface area contributed by atoms with Gasteiger partial charge in [-0.1, -0.05) is 26.0 Å². The summed E-state index contributed by atoms with van der Waals surface area (Å²) in [5.74, 6) is -0.198. The summed E-state index contributed by atoms with van der Waals surface area (Å²) in [6.07, 6.45) is 0.0221. The van der Waals surface area contributed by atoms with Crippen LogP contribution in [0.4, 0.5) is 17.1 Å². The normalized spacial score (nSPS) is 15.5. The van der Waals surface area contributed by atoms with Gasteiger partial charge in [-0.05, 0) is 42.3 Å². The summed E-state index contributed by atoms with van der Waals surface area (Å²) < 4.78 is 0.